The highest BCUT2D eigenvalue weighted by molar-refractivity contribution is 6.40. The van der Waals surface area contributed by atoms with Crippen LogP contribution in [0.25, 0.3) is 0 Å². The van der Waals surface area contributed by atoms with E-state index in [2.05, 4.69) is 5.32 Å². The molecule has 1 aromatic rings. The number of nitrogens with one attached hydrogen (secondary N) is 1. The molecule has 0 aromatic heterocycles. The van der Waals surface area contributed by atoms with Crippen LogP contribution in [0.5, 0.6) is 0 Å². The van der Waals surface area contributed by atoms with Crippen molar-refractivity contribution in [2.24, 2.45) is 0 Å². The van der Waals surface area contributed by atoms with Gasteiger partial charge in [-0.2, -0.15) is 0 Å². The van der Waals surface area contributed by atoms with Gasteiger partial charge in [-0.3, -0.25) is 4.79 Å². The number of rotatable bonds is 36. The summed E-state index contributed by atoms with van der Waals surface area (Å²) in [5.41, 5.74) is 0.296. The van der Waals surface area contributed by atoms with Crippen molar-refractivity contribution in [1.29, 1.82) is 0 Å². The molecule has 0 bridgehead atoms. The molecule has 0 saturated carbocycles. The number of esters is 1. The Morgan fingerprint density at radius 2 is 0.780 bits per heavy atom. The molecule has 1 aliphatic rings. The topological polar surface area (TPSA) is 157 Å². The van der Waals surface area contributed by atoms with Crippen LogP contribution in [-0.2, 0) is 61.6 Å². The smallest absolute Gasteiger partial charge is 0.379 e. The van der Waals surface area contributed by atoms with E-state index in [9.17, 15) is 9.59 Å². The number of ether oxygens (including phenoxy) is 12. The summed E-state index contributed by atoms with van der Waals surface area (Å²) in [5, 5.41) is 3.32. The highest BCUT2D eigenvalue weighted by Gasteiger charge is 2.17. The summed E-state index contributed by atoms with van der Waals surface area (Å²) < 4.78 is 65.3. The third-order valence-corrected chi connectivity index (χ3v) is 6.90. The van der Waals surface area contributed by atoms with Gasteiger partial charge >= 0.3 is 5.97 Å². The molecule has 2 rings (SSSR count). The standard InChI is InChI=1S/C35H59NO14/c37-34(32-4-2-1-3-5-32)35(38)50-31-29-48-27-25-46-23-21-44-19-17-42-15-13-40-11-10-39-12-14-41-16-18-43-20-22-45-24-26-47-28-30-49-33-6-8-36-9-7-33/h1-5,33,36H,6-31H2. The van der Waals surface area contributed by atoms with E-state index in [1.807, 2.05) is 0 Å². The number of hydrogen-bond donors (Lipinski definition) is 1. The largest absolute Gasteiger partial charge is 0.457 e. The van der Waals surface area contributed by atoms with E-state index in [1.54, 1.807) is 30.3 Å². The minimum Gasteiger partial charge on any atom is -0.457 e. The fourth-order valence-electron chi connectivity index (χ4n) is 4.28. The molecule has 0 spiro atoms. The highest BCUT2D eigenvalue weighted by atomic mass is 16.6. The quantitative estimate of drug-likeness (QED) is 0.0459. The minimum atomic E-state index is -0.896. The lowest BCUT2D eigenvalue weighted by Crippen LogP contribution is -2.33. The van der Waals surface area contributed by atoms with Gasteiger partial charge in [0.25, 0.3) is 5.78 Å². The predicted molar refractivity (Wildman–Crippen MR) is 182 cm³/mol. The molecule has 1 heterocycles. The van der Waals surface area contributed by atoms with Gasteiger partial charge in [0.2, 0.25) is 0 Å². The second-order valence-electron chi connectivity index (χ2n) is 10.8. The fourth-order valence-corrected chi connectivity index (χ4v) is 4.28. The maximum Gasteiger partial charge on any atom is 0.379 e. The van der Waals surface area contributed by atoms with Crippen molar-refractivity contribution >= 4 is 11.8 Å². The molecule has 0 unspecified atom stereocenters. The monoisotopic (exact) mass is 717 g/mol. The Kier molecular flexibility index (Phi) is 29.9. The van der Waals surface area contributed by atoms with Crippen molar-refractivity contribution in [3.63, 3.8) is 0 Å². The van der Waals surface area contributed by atoms with E-state index in [4.69, 9.17) is 56.8 Å². The third-order valence-electron chi connectivity index (χ3n) is 6.90. The highest BCUT2D eigenvalue weighted by Crippen LogP contribution is 2.06. The molecule has 0 radical (unpaired) electrons. The van der Waals surface area contributed by atoms with Gasteiger partial charge < -0.3 is 62.2 Å². The second kappa shape index (κ2) is 34.0. The molecular formula is C35H59NO14. The number of ketones is 1. The van der Waals surface area contributed by atoms with Gasteiger partial charge in [0, 0.05) is 5.56 Å². The molecule has 0 aliphatic carbocycles. The van der Waals surface area contributed by atoms with Gasteiger partial charge in [0.1, 0.15) is 6.61 Å². The van der Waals surface area contributed by atoms with Crippen LogP contribution in [0.15, 0.2) is 30.3 Å². The zero-order chi connectivity index (χ0) is 35.4. The number of benzene rings is 1. The van der Waals surface area contributed by atoms with Gasteiger partial charge in [-0.05, 0) is 25.9 Å². The number of hydrogen-bond acceptors (Lipinski definition) is 15. The lowest BCUT2D eigenvalue weighted by Gasteiger charge is -2.22. The summed E-state index contributed by atoms with van der Waals surface area (Å²) >= 11 is 0. The maximum atomic E-state index is 11.9. The molecular weight excluding hydrogens is 658 g/mol. The lowest BCUT2D eigenvalue weighted by atomic mass is 10.1. The molecule has 1 aliphatic heterocycles. The Morgan fingerprint density at radius 1 is 0.460 bits per heavy atom. The average molecular weight is 718 g/mol. The summed E-state index contributed by atoms with van der Waals surface area (Å²) in [4.78, 5) is 23.6. The molecule has 15 heteroatoms. The summed E-state index contributed by atoms with van der Waals surface area (Å²) in [7, 11) is 0. The van der Waals surface area contributed by atoms with Crippen LogP contribution in [0.4, 0.5) is 0 Å². The lowest BCUT2D eigenvalue weighted by molar-refractivity contribution is -0.139. The normalized spacial score (nSPS) is 13.5. The van der Waals surface area contributed by atoms with Crippen molar-refractivity contribution in [1.82, 2.24) is 5.32 Å². The third kappa shape index (κ3) is 26.7. The Hall–Kier alpha value is -2.12. The Morgan fingerprint density at radius 3 is 1.14 bits per heavy atom. The van der Waals surface area contributed by atoms with Gasteiger partial charge in [-0.15, -0.1) is 0 Å². The average Bonchev–Trinajstić information content (AvgIpc) is 3.15. The molecule has 1 aromatic carbocycles. The summed E-state index contributed by atoms with van der Waals surface area (Å²) in [6.45, 7) is 12.1. The van der Waals surface area contributed by atoms with Gasteiger partial charge in [0.05, 0.1) is 145 Å². The SMILES string of the molecule is O=C(OCCOCCOCCOCCOCCOCCOCCOCCOCCOCCOCCOC1CCNCC1)C(=O)c1ccccc1. The maximum absolute atomic E-state index is 11.9. The molecule has 1 saturated heterocycles. The first-order chi connectivity index (χ1) is 24.8. The van der Waals surface area contributed by atoms with E-state index in [0.717, 1.165) is 25.9 Å². The number of carbonyl (C=O) groups is 2. The first kappa shape index (κ1) is 44.0. The van der Waals surface area contributed by atoms with Crippen molar-refractivity contribution in [2.75, 3.05) is 158 Å². The number of Topliss-reactive ketones (excluding diaryl/α,β-unsaturated/α-hetero) is 1. The molecule has 50 heavy (non-hydrogen) atoms. The molecule has 0 atom stereocenters. The van der Waals surface area contributed by atoms with Gasteiger partial charge in [0.15, 0.2) is 0 Å². The van der Waals surface area contributed by atoms with Crippen LogP contribution < -0.4 is 5.32 Å². The first-order valence-corrected chi connectivity index (χ1v) is 17.6. The zero-order valence-electron chi connectivity index (χ0n) is 29.6. The van der Waals surface area contributed by atoms with Crippen LogP contribution >= 0.6 is 0 Å². The van der Waals surface area contributed by atoms with Crippen LogP contribution in [0.1, 0.15) is 23.2 Å². The summed E-state index contributed by atoms with van der Waals surface area (Å²) in [6.07, 6.45) is 2.51. The summed E-state index contributed by atoms with van der Waals surface area (Å²) in [6, 6.07) is 8.26. The van der Waals surface area contributed by atoms with Gasteiger partial charge in [-0.25, -0.2) is 4.79 Å². The van der Waals surface area contributed by atoms with Crippen LogP contribution in [0.3, 0.4) is 0 Å². The second-order valence-corrected chi connectivity index (χ2v) is 10.8. The zero-order valence-corrected chi connectivity index (χ0v) is 29.6. The Bertz CT molecular complexity index is 907. The Balaban J connectivity index is 1.15. The van der Waals surface area contributed by atoms with E-state index in [1.165, 1.54) is 0 Å². The van der Waals surface area contributed by atoms with Crippen molar-refractivity contribution in [3.05, 3.63) is 35.9 Å². The van der Waals surface area contributed by atoms with Crippen LogP contribution in [0, 0.1) is 0 Å². The van der Waals surface area contributed by atoms with Crippen molar-refractivity contribution in [3.8, 4) is 0 Å². The predicted octanol–water partition coefficient (Wildman–Crippen LogP) is 1.35. The molecule has 1 fully saturated rings. The van der Waals surface area contributed by atoms with Gasteiger partial charge in [-0.1, -0.05) is 30.3 Å². The van der Waals surface area contributed by atoms with Crippen molar-refractivity contribution < 1.29 is 66.4 Å². The van der Waals surface area contributed by atoms with E-state index >= 15 is 0 Å². The molecule has 0 amide bonds. The molecule has 1 N–H and O–H groups in total. The number of piperidine rings is 1. The van der Waals surface area contributed by atoms with E-state index < -0.39 is 11.8 Å². The first-order valence-electron chi connectivity index (χ1n) is 17.6. The van der Waals surface area contributed by atoms with E-state index in [-0.39, 0.29) is 13.2 Å². The minimum absolute atomic E-state index is 0.00217. The van der Waals surface area contributed by atoms with Crippen LogP contribution in [-0.4, -0.2) is 176 Å². The molecule has 15 nitrogen and oxygen atoms in total. The molecule has 288 valence electrons. The summed E-state index contributed by atoms with van der Waals surface area (Å²) in [5.74, 6) is -1.57. The van der Waals surface area contributed by atoms with E-state index in [0.29, 0.717) is 144 Å². The Labute approximate surface area is 296 Å². The fraction of sp³-hybridized carbons (Fsp3) is 0.771. The number of carbonyl (C=O) groups excluding carboxylic acids is 2. The van der Waals surface area contributed by atoms with Crippen LogP contribution in [0.2, 0.25) is 0 Å². The van der Waals surface area contributed by atoms with Crippen molar-refractivity contribution in [2.45, 2.75) is 18.9 Å².